The first kappa shape index (κ1) is 18.5. The molecule has 3 rings (SSSR count). The van der Waals surface area contributed by atoms with Gasteiger partial charge in [-0.1, -0.05) is 0 Å². The van der Waals surface area contributed by atoms with Crippen LogP contribution < -0.4 is 5.32 Å². The summed E-state index contributed by atoms with van der Waals surface area (Å²) in [6.45, 7) is 3.30. The number of hydrogen-bond donors (Lipinski definition) is 1. The predicted octanol–water partition coefficient (Wildman–Crippen LogP) is 4.03. The molecule has 0 atom stereocenters. The fourth-order valence-corrected chi connectivity index (χ4v) is 3.82. The Hall–Kier alpha value is -2.28. The largest absolute Gasteiger partial charge is 0.348 e. The molecule has 2 aromatic carbocycles. The summed E-state index contributed by atoms with van der Waals surface area (Å²) in [5, 5.41) is 2.42. The molecule has 7 heteroatoms. The molecule has 0 unspecified atom stereocenters. The molecule has 1 aliphatic rings. The molecule has 1 aliphatic heterocycles. The molecular weight excluding hydrogens is 363 g/mol. The van der Waals surface area contributed by atoms with Crippen LogP contribution in [0.2, 0.25) is 0 Å². The highest BCUT2D eigenvalue weighted by Gasteiger charge is 2.34. The predicted molar refractivity (Wildman–Crippen MR) is 92.6 cm³/mol. The molecule has 136 valence electrons. The van der Waals surface area contributed by atoms with E-state index >= 15 is 0 Å². The number of nitrogens with one attached hydrogen (secondary N) is 1. The summed E-state index contributed by atoms with van der Waals surface area (Å²) >= 11 is 1.44. The lowest BCUT2D eigenvalue weighted by Crippen LogP contribution is -2.33. The summed E-state index contributed by atoms with van der Waals surface area (Å²) < 4.78 is 39.7. The number of rotatable bonds is 3. The lowest BCUT2D eigenvalue weighted by atomic mass is 9.97. The van der Waals surface area contributed by atoms with E-state index in [1.54, 1.807) is 18.2 Å². The molecule has 3 nitrogen and oxygen atoms in total. The van der Waals surface area contributed by atoms with Gasteiger partial charge in [-0.25, -0.2) is 13.2 Å². The number of halogens is 3. The number of ketones is 1. The number of fused-ring (bicyclic) bond motifs is 1. The van der Waals surface area contributed by atoms with Crippen LogP contribution in [0.3, 0.4) is 0 Å². The van der Waals surface area contributed by atoms with Gasteiger partial charge in [-0.05, 0) is 37.6 Å². The first-order chi connectivity index (χ1) is 12.2. The van der Waals surface area contributed by atoms with Crippen molar-refractivity contribution >= 4 is 23.5 Å². The van der Waals surface area contributed by atoms with Crippen LogP contribution in [0.5, 0.6) is 0 Å². The minimum atomic E-state index is -1.06. The third kappa shape index (κ3) is 3.62. The molecule has 0 radical (unpaired) electrons. The number of carbonyl (C=O) groups excluding carboxylic acids is 2. The second-order valence-electron chi connectivity index (χ2n) is 6.57. The third-order valence-corrected chi connectivity index (χ3v) is 5.60. The molecule has 0 bridgehead atoms. The molecule has 26 heavy (non-hydrogen) atoms. The number of thioether (sulfide) groups is 1. The van der Waals surface area contributed by atoms with Crippen LogP contribution in [0.15, 0.2) is 35.2 Å². The Balaban J connectivity index is 1.76. The van der Waals surface area contributed by atoms with Crippen molar-refractivity contribution in [3.8, 4) is 0 Å². The van der Waals surface area contributed by atoms with Crippen LogP contribution in [-0.2, 0) is 17.8 Å². The van der Waals surface area contributed by atoms with Gasteiger partial charge in [-0.15, -0.1) is 11.8 Å². The monoisotopic (exact) mass is 379 g/mol. The average Bonchev–Trinajstić information content (AvgIpc) is 2.54. The van der Waals surface area contributed by atoms with E-state index in [9.17, 15) is 22.8 Å². The van der Waals surface area contributed by atoms with Gasteiger partial charge in [-0.3, -0.25) is 9.59 Å². The summed E-state index contributed by atoms with van der Waals surface area (Å²) in [6.07, 6.45) is 0.234. The summed E-state index contributed by atoms with van der Waals surface area (Å²) in [4.78, 5) is 25.4. The van der Waals surface area contributed by atoms with E-state index in [4.69, 9.17) is 0 Å². The van der Waals surface area contributed by atoms with Gasteiger partial charge in [-0.2, -0.15) is 0 Å². The SMILES string of the molecule is CC1(C)Sc2ccc(C(=O)NCc3c(F)cc(F)cc3F)cc2CC1=O. The van der Waals surface area contributed by atoms with E-state index in [0.717, 1.165) is 10.5 Å². The highest BCUT2D eigenvalue weighted by molar-refractivity contribution is 8.01. The molecule has 0 saturated carbocycles. The number of carbonyl (C=O) groups is 2. The molecule has 1 amide bonds. The normalized spacial score (nSPS) is 15.5. The van der Waals surface area contributed by atoms with Gasteiger partial charge >= 0.3 is 0 Å². The minimum Gasteiger partial charge on any atom is -0.348 e. The van der Waals surface area contributed by atoms with Crippen LogP contribution in [-0.4, -0.2) is 16.4 Å². The van der Waals surface area contributed by atoms with Crippen molar-refractivity contribution in [1.29, 1.82) is 0 Å². The Labute approximate surface area is 153 Å². The quantitative estimate of drug-likeness (QED) is 0.876. The molecule has 1 N–H and O–H groups in total. The summed E-state index contributed by atoms with van der Waals surface area (Å²) in [5.74, 6) is -3.59. The van der Waals surface area contributed by atoms with Crippen molar-refractivity contribution < 1.29 is 22.8 Å². The second-order valence-corrected chi connectivity index (χ2v) is 8.23. The van der Waals surface area contributed by atoms with Crippen LogP contribution in [0.4, 0.5) is 13.2 Å². The van der Waals surface area contributed by atoms with Crippen molar-refractivity contribution in [2.75, 3.05) is 0 Å². The molecule has 0 aromatic heterocycles. The Morgan fingerprint density at radius 1 is 1.15 bits per heavy atom. The van der Waals surface area contributed by atoms with Gasteiger partial charge in [0.2, 0.25) is 0 Å². The van der Waals surface area contributed by atoms with Crippen LogP contribution in [0, 0.1) is 17.5 Å². The van der Waals surface area contributed by atoms with E-state index < -0.39 is 40.2 Å². The molecule has 0 aliphatic carbocycles. The van der Waals surface area contributed by atoms with Crippen molar-refractivity contribution in [1.82, 2.24) is 5.32 Å². The maximum absolute atomic E-state index is 13.6. The van der Waals surface area contributed by atoms with Gasteiger partial charge in [0.1, 0.15) is 17.5 Å². The van der Waals surface area contributed by atoms with Crippen molar-refractivity contribution in [3.63, 3.8) is 0 Å². The highest BCUT2D eigenvalue weighted by atomic mass is 32.2. The zero-order valence-corrected chi connectivity index (χ0v) is 15.0. The number of hydrogen-bond acceptors (Lipinski definition) is 3. The van der Waals surface area contributed by atoms with E-state index in [0.29, 0.717) is 17.7 Å². The first-order valence-corrected chi connectivity index (χ1v) is 8.76. The van der Waals surface area contributed by atoms with Crippen molar-refractivity contribution in [3.05, 3.63) is 64.5 Å². The maximum Gasteiger partial charge on any atom is 0.251 e. The van der Waals surface area contributed by atoms with Gasteiger partial charge in [0, 0.05) is 41.1 Å². The van der Waals surface area contributed by atoms with E-state index in [2.05, 4.69) is 5.32 Å². The van der Waals surface area contributed by atoms with Gasteiger partial charge in [0.05, 0.1) is 4.75 Å². The highest BCUT2D eigenvalue weighted by Crippen LogP contribution is 2.40. The molecule has 1 heterocycles. The van der Waals surface area contributed by atoms with Gasteiger partial charge in [0.25, 0.3) is 5.91 Å². The summed E-state index contributed by atoms with van der Waals surface area (Å²) in [6, 6.07) is 6.11. The van der Waals surface area contributed by atoms with Gasteiger partial charge in [0.15, 0.2) is 5.78 Å². The van der Waals surface area contributed by atoms with E-state index in [1.165, 1.54) is 11.8 Å². The first-order valence-electron chi connectivity index (χ1n) is 7.94. The number of Topliss-reactive ketones (excluding diaryl/α,β-unsaturated/α-hetero) is 1. The maximum atomic E-state index is 13.6. The summed E-state index contributed by atoms with van der Waals surface area (Å²) in [7, 11) is 0. The minimum absolute atomic E-state index is 0.0722. The number of benzene rings is 2. The smallest absolute Gasteiger partial charge is 0.251 e. The Morgan fingerprint density at radius 3 is 2.46 bits per heavy atom. The zero-order chi connectivity index (χ0) is 19.1. The third-order valence-electron chi connectivity index (χ3n) is 4.24. The van der Waals surface area contributed by atoms with Crippen LogP contribution in [0.25, 0.3) is 0 Å². The van der Waals surface area contributed by atoms with Gasteiger partial charge < -0.3 is 5.32 Å². The lowest BCUT2D eigenvalue weighted by molar-refractivity contribution is -0.120. The van der Waals surface area contributed by atoms with E-state index in [1.807, 2.05) is 13.8 Å². The topological polar surface area (TPSA) is 46.2 Å². The van der Waals surface area contributed by atoms with E-state index in [-0.39, 0.29) is 12.2 Å². The van der Waals surface area contributed by atoms with Crippen molar-refractivity contribution in [2.45, 2.75) is 36.5 Å². The van der Waals surface area contributed by atoms with Crippen LogP contribution in [0.1, 0.15) is 35.3 Å². The molecule has 0 spiro atoms. The molecule has 0 saturated heterocycles. The van der Waals surface area contributed by atoms with Crippen LogP contribution >= 0.6 is 11.8 Å². The molecule has 2 aromatic rings. The Bertz CT molecular complexity index is 889. The zero-order valence-electron chi connectivity index (χ0n) is 14.2. The standard InChI is InChI=1S/C19H16F3NO2S/c1-19(2)17(24)6-11-5-10(3-4-16(11)26-19)18(25)23-9-13-14(21)7-12(20)8-15(13)22/h3-5,7-8H,6,9H2,1-2H3,(H,23,25). The Kier molecular flexibility index (Phi) is 4.84. The fourth-order valence-electron chi connectivity index (χ4n) is 2.69. The second kappa shape index (κ2) is 6.79. The molecular formula is C19H16F3NO2S. The number of amides is 1. The summed E-state index contributed by atoms with van der Waals surface area (Å²) in [5.41, 5.74) is 0.635. The lowest BCUT2D eigenvalue weighted by Gasteiger charge is -2.29. The fraction of sp³-hybridized carbons (Fsp3) is 0.263. The Morgan fingerprint density at radius 2 is 1.81 bits per heavy atom. The van der Waals surface area contributed by atoms with Crippen molar-refractivity contribution in [2.24, 2.45) is 0 Å². The average molecular weight is 379 g/mol. The molecule has 0 fully saturated rings.